The van der Waals surface area contributed by atoms with Crippen molar-refractivity contribution in [2.45, 2.75) is 43.9 Å². The number of piperidine rings is 1. The quantitative estimate of drug-likeness (QED) is 0.660. The Hall–Kier alpha value is -2.12. The van der Waals surface area contributed by atoms with Crippen LogP contribution in [0.25, 0.3) is 0 Å². The van der Waals surface area contributed by atoms with Crippen LogP contribution < -0.4 is 20.9 Å². The van der Waals surface area contributed by atoms with Crippen molar-refractivity contribution in [2.75, 3.05) is 20.2 Å². The molecule has 2 unspecified atom stereocenters. The first-order chi connectivity index (χ1) is 14.6. The lowest BCUT2D eigenvalue weighted by molar-refractivity contribution is -0.121. The van der Waals surface area contributed by atoms with Gasteiger partial charge in [-0.15, -0.1) is 0 Å². The van der Waals surface area contributed by atoms with Crippen molar-refractivity contribution in [3.63, 3.8) is 0 Å². The first-order valence-corrected chi connectivity index (χ1v) is 10.9. The highest BCUT2D eigenvalue weighted by atomic mass is 35.5. The third-order valence-corrected chi connectivity index (χ3v) is 6.41. The van der Waals surface area contributed by atoms with Crippen LogP contribution in [-0.2, 0) is 11.2 Å². The summed E-state index contributed by atoms with van der Waals surface area (Å²) in [5, 5.41) is 3.83. The molecule has 2 atom stereocenters. The Bertz CT molecular complexity index is 853. The molecule has 2 saturated heterocycles. The number of likely N-dealkylation sites (tertiary alicyclic amines) is 1. The van der Waals surface area contributed by atoms with Gasteiger partial charge in [-0.2, -0.15) is 0 Å². The number of hydrazine groups is 1. The van der Waals surface area contributed by atoms with Gasteiger partial charge in [0.05, 0.1) is 19.7 Å². The summed E-state index contributed by atoms with van der Waals surface area (Å²) in [6.07, 6.45) is 3.56. The second-order valence-corrected chi connectivity index (χ2v) is 8.42. The Morgan fingerprint density at radius 1 is 1.13 bits per heavy atom. The second-order valence-electron chi connectivity index (χ2n) is 8.01. The molecule has 4 rings (SSSR count). The monoisotopic (exact) mass is 428 g/mol. The van der Waals surface area contributed by atoms with Crippen LogP contribution in [-0.4, -0.2) is 43.2 Å². The van der Waals surface area contributed by atoms with Gasteiger partial charge in [-0.1, -0.05) is 41.9 Å². The minimum Gasteiger partial charge on any atom is -0.497 e. The molecule has 0 spiro atoms. The van der Waals surface area contributed by atoms with Gasteiger partial charge in [0.2, 0.25) is 5.91 Å². The average molecular weight is 429 g/mol. The molecule has 2 heterocycles. The second kappa shape index (κ2) is 9.79. The maximum absolute atomic E-state index is 12.4. The SMILES string of the molecule is COc1ccc(C2CC(N3CCC(NC(=O)Cc4ccccc4Cl)CC3)NN2)cc1. The molecule has 30 heavy (non-hydrogen) atoms. The highest BCUT2D eigenvalue weighted by Gasteiger charge is 2.32. The van der Waals surface area contributed by atoms with Crippen molar-refractivity contribution in [1.29, 1.82) is 0 Å². The first kappa shape index (κ1) is 21.1. The van der Waals surface area contributed by atoms with Gasteiger partial charge in [-0.05, 0) is 48.6 Å². The number of hydrogen-bond acceptors (Lipinski definition) is 5. The number of rotatable bonds is 6. The Kier molecular flexibility index (Phi) is 6.89. The van der Waals surface area contributed by atoms with E-state index in [1.807, 2.05) is 36.4 Å². The maximum Gasteiger partial charge on any atom is 0.224 e. The van der Waals surface area contributed by atoms with E-state index < -0.39 is 0 Å². The van der Waals surface area contributed by atoms with E-state index in [1.54, 1.807) is 7.11 Å². The molecule has 160 valence electrons. The zero-order valence-corrected chi connectivity index (χ0v) is 18.0. The predicted octanol–water partition coefficient (Wildman–Crippen LogP) is 3.04. The van der Waals surface area contributed by atoms with Crippen molar-refractivity contribution < 1.29 is 9.53 Å². The molecule has 0 aromatic heterocycles. The van der Waals surface area contributed by atoms with E-state index in [0.29, 0.717) is 17.6 Å². The third-order valence-electron chi connectivity index (χ3n) is 6.05. The molecule has 2 fully saturated rings. The number of hydrogen-bond donors (Lipinski definition) is 3. The van der Waals surface area contributed by atoms with Gasteiger partial charge in [0.1, 0.15) is 5.75 Å². The standard InChI is InChI=1S/C23H29ClN4O2/c1-30-19-8-6-16(7-9-19)21-15-22(27-26-21)28-12-10-18(11-13-28)25-23(29)14-17-4-2-3-5-20(17)24/h2-9,18,21-22,26-27H,10-15H2,1H3,(H,25,29). The van der Waals surface area contributed by atoms with Gasteiger partial charge in [-0.3, -0.25) is 9.69 Å². The van der Waals surface area contributed by atoms with E-state index in [4.69, 9.17) is 16.3 Å². The number of nitrogens with zero attached hydrogens (tertiary/aromatic N) is 1. The number of ether oxygens (including phenoxy) is 1. The zero-order valence-electron chi connectivity index (χ0n) is 17.2. The number of benzene rings is 2. The smallest absolute Gasteiger partial charge is 0.224 e. The summed E-state index contributed by atoms with van der Waals surface area (Å²) >= 11 is 6.17. The molecule has 2 aromatic carbocycles. The van der Waals surface area contributed by atoms with Crippen molar-refractivity contribution in [1.82, 2.24) is 21.1 Å². The molecule has 7 heteroatoms. The van der Waals surface area contributed by atoms with Crippen molar-refractivity contribution in [2.24, 2.45) is 0 Å². The molecule has 6 nitrogen and oxygen atoms in total. The summed E-state index contributed by atoms with van der Waals surface area (Å²) < 4.78 is 5.24. The van der Waals surface area contributed by atoms with E-state index in [-0.39, 0.29) is 18.0 Å². The molecule has 2 aromatic rings. The first-order valence-electron chi connectivity index (χ1n) is 10.5. The van der Waals surface area contributed by atoms with E-state index in [9.17, 15) is 4.79 Å². The van der Waals surface area contributed by atoms with Crippen LogP contribution >= 0.6 is 11.6 Å². The highest BCUT2D eigenvalue weighted by molar-refractivity contribution is 6.31. The summed E-state index contributed by atoms with van der Waals surface area (Å²) in [6.45, 7) is 1.93. The van der Waals surface area contributed by atoms with Crippen LogP contribution in [0.2, 0.25) is 5.02 Å². The Balaban J connectivity index is 1.22. The minimum atomic E-state index is 0.0433. The van der Waals surface area contributed by atoms with Crippen LogP contribution in [0.15, 0.2) is 48.5 Å². The lowest BCUT2D eigenvalue weighted by Gasteiger charge is -2.35. The molecule has 2 aliphatic rings. The van der Waals surface area contributed by atoms with Gasteiger partial charge >= 0.3 is 0 Å². The van der Waals surface area contributed by atoms with E-state index >= 15 is 0 Å². The van der Waals surface area contributed by atoms with Gasteiger partial charge in [0.15, 0.2) is 0 Å². The molecule has 3 N–H and O–H groups in total. The fraction of sp³-hybridized carbons (Fsp3) is 0.435. The van der Waals surface area contributed by atoms with Gasteiger partial charge in [0.25, 0.3) is 0 Å². The van der Waals surface area contributed by atoms with Crippen molar-refractivity contribution >= 4 is 17.5 Å². The molecular formula is C23H29ClN4O2. The molecular weight excluding hydrogens is 400 g/mol. The number of amides is 1. The Morgan fingerprint density at radius 2 is 1.87 bits per heavy atom. The maximum atomic E-state index is 12.4. The molecule has 0 bridgehead atoms. The number of methoxy groups -OCH3 is 1. The summed E-state index contributed by atoms with van der Waals surface area (Å²) in [5.41, 5.74) is 8.99. The predicted molar refractivity (Wildman–Crippen MR) is 118 cm³/mol. The van der Waals surface area contributed by atoms with Crippen LogP contribution in [0, 0.1) is 0 Å². The molecule has 0 saturated carbocycles. The van der Waals surface area contributed by atoms with Crippen molar-refractivity contribution in [3.8, 4) is 5.75 Å². The Labute approximate surface area is 182 Å². The van der Waals surface area contributed by atoms with Gasteiger partial charge < -0.3 is 10.1 Å². The van der Waals surface area contributed by atoms with Crippen molar-refractivity contribution in [3.05, 3.63) is 64.7 Å². The lowest BCUT2D eigenvalue weighted by atomic mass is 10.0. The Morgan fingerprint density at radius 3 is 2.57 bits per heavy atom. The number of nitrogens with one attached hydrogen (secondary N) is 3. The minimum absolute atomic E-state index is 0.0433. The van der Waals surface area contributed by atoms with E-state index in [1.165, 1.54) is 5.56 Å². The largest absolute Gasteiger partial charge is 0.497 e. The number of carbonyl (C=O) groups is 1. The molecule has 1 amide bonds. The average Bonchev–Trinajstić information content (AvgIpc) is 3.26. The van der Waals surface area contributed by atoms with Gasteiger partial charge in [0, 0.05) is 30.2 Å². The number of carbonyl (C=O) groups excluding carboxylic acids is 1. The zero-order chi connectivity index (χ0) is 20.9. The van der Waals surface area contributed by atoms with Crippen LogP contribution in [0.1, 0.15) is 36.4 Å². The number of halogens is 1. The van der Waals surface area contributed by atoms with Crippen LogP contribution in [0.3, 0.4) is 0 Å². The third kappa shape index (κ3) is 5.13. The van der Waals surface area contributed by atoms with Crippen LogP contribution in [0.4, 0.5) is 0 Å². The van der Waals surface area contributed by atoms with E-state index in [2.05, 4.69) is 33.2 Å². The fourth-order valence-corrected chi connectivity index (χ4v) is 4.49. The molecule has 0 radical (unpaired) electrons. The van der Waals surface area contributed by atoms with E-state index in [0.717, 1.165) is 43.7 Å². The van der Waals surface area contributed by atoms with Crippen LogP contribution in [0.5, 0.6) is 5.75 Å². The molecule has 0 aliphatic carbocycles. The van der Waals surface area contributed by atoms with Gasteiger partial charge in [-0.25, -0.2) is 10.9 Å². The fourth-order valence-electron chi connectivity index (χ4n) is 4.28. The summed E-state index contributed by atoms with van der Waals surface area (Å²) in [6, 6.07) is 16.3. The summed E-state index contributed by atoms with van der Waals surface area (Å²) in [5.74, 6) is 0.918. The summed E-state index contributed by atoms with van der Waals surface area (Å²) in [7, 11) is 1.68. The molecule has 2 aliphatic heterocycles. The highest BCUT2D eigenvalue weighted by Crippen LogP contribution is 2.27. The lowest BCUT2D eigenvalue weighted by Crippen LogP contribution is -2.51. The normalized spacial score (nSPS) is 22.7. The summed E-state index contributed by atoms with van der Waals surface area (Å²) in [4.78, 5) is 14.9. The topological polar surface area (TPSA) is 65.6 Å².